The van der Waals surface area contributed by atoms with Crippen LogP contribution in [0.2, 0.25) is 5.02 Å². The van der Waals surface area contributed by atoms with E-state index < -0.39 is 10.0 Å². The van der Waals surface area contributed by atoms with Gasteiger partial charge in [0.2, 0.25) is 10.0 Å². The predicted octanol–water partition coefficient (Wildman–Crippen LogP) is 4.58. The summed E-state index contributed by atoms with van der Waals surface area (Å²) in [5.74, 6) is 0.807. The van der Waals surface area contributed by atoms with Gasteiger partial charge in [-0.2, -0.15) is 16.1 Å². The molecule has 0 radical (unpaired) electrons. The van der Waals surface area contributed by atoms with Crippen molar-refractivity contribution in [3.05, 3.63) is 51.2 Å². The van der Waals surface area contributed by atoms with Crippen LogP contribution < -0.4 is 0 Å². The lowest BCUT2D eigenvalue weighted by molar-refractivity contribution is 0.428. The third-order valence-electron chi connectivity index (χ3n) is 4.00. The number of benzene rings is 1. The van der Waals surface area contributed by atoms with Crippen molar-refractivity contribution in [2.75, 3.05) is 18.8 Å². The van der Waals surface area contributed by atoms with Crippen LogP contribution in [0.1, 0.15) is 22.1 Å². The maximum absolute atomic E-state index is 13.0. The van der Waals surface area contributed by atoms with Gasteiger partial charge in [-0.15, -0.1) is 11.3 Å². The molecule has 0 aliphatic carbocycles. The fourth-order valence-corrected chi connectivity index (χ4v) is 6.98. The van der Waals surface area contributed by atoms with Gasteiger partial charge in [-0.25, -0.2) is 8.42 Å². The fraction of sp³-hybridized carbons (Fsp3) is 0.375. The van der Waals surface area contributed by atoms with Gasteiger partial charge in [0.1, 0.15) is 0 Å². The van der Waals surface area contributed by atoms with E-state index in [1.165, 1.54) is 4.88 Å². The molecule has 0 bridgehead atoms. The normalized spacial score (nSPS) is 20.3. The zero-order valence-corrected chi connectivity index (χ0v) is 15.9. The summed E-state index contributed by atoms with van der Waals surface area (Å²) in [7, 11) is -3.49. The van der Waals surface area contributed by atoms with Crippen molar-refractivity contribution in [1.82, 2.24) is 4.31 Å². The summed E-state index contributed by atoms with van der Waals surface area (Å²) in [6.45, 7) is 2.85. The maximum Gasteiger partial charge on any atom is 0.243 e. The molecule has 2 heterocycles. The molecular formula is C16H18ClNO2S3. The first-order valence-electron chi connectivity index (χ1n) is 7.40. The zero-order chi connectivity index (χ0) is 16.4. The van der Waals surface area contributed by atoms with Crippen LogP contribution in [-0.4, -0.2) is 31.6 Å². The molecule has 0 amide bonds. The lowest BCUT2D eigenvalue weighted by Crippen LogP contribution is -2.33. The molecule has 7 heteroatoms. The Kier molecular flexibility index (Phi) is 5.38. The van der Waals surface area contributed by atoms with E-state index in [2.05, 4.69) is 17.5 Å². The van der Waals surface area contributed by atoms with Crippen LogP contribution in [0.15, 0.2) is 40.6 Å². The molecule has 0 unspecified atom stereocenters. The average molecular weight is 388 g/mol. The summed E-state index contributed by atoms with van der Waals surface area (Å²) in [5.41, 5.74) is 0.626. The first-order valence-corrected chi connectivity index (χ1v) is 11.1. The predicted molar refractivity (Wildman–Crippen MR) is 99.1 cm³/mol. The van der Waals surface area contributed by atoms with Crippen molar-refractivity contribution in [1.29, 1.82) is 0 Å². The Morgan fingerprint density at radius 3 is 2.78 bits per heavy atom. The number of thioether (sulfide) groups is 1. The molecule has 1 aromatic carbocycles. The van der Waals surface area contributed by atoms with Gasteiger partial charge >= 0.3 is 0 Å². The molecule has 1 saturated heterocycles. The van der Waals surface area contributed by atoms with Crippen LogP contribution in [0.4, 0.5) is 0 Å². The molecule has 1 aliphatic rings. The molecule has 3 nitrogen and oxygen atoms in total. The topological polar surface area (TPSA) is 37.4 Å². The summed E-state index contributed by atoms with van der Waals surface area (Å²) in [6, 6.07) is 9.25. The van der Waals surface area contributed by atoms with E-state index in [0.29, 0.717) is 33.8 Å². The molecule has 124 valence electrons. The zero-order valence-electron chi connectivity index (χ0n) is 12.7. The molecule has 1 atom stereocenters. The number of thiophene rings is 1. The van der Waals surface area contributed by atoms with Crippen LogP contribution in [0.25, 0.3) is 0 Å². The van der Waals surface area contributed by atoms with Crippen LogP contribution >= 0.6 is 34.7 Å². The monoisotopic (exact) mass is 387 g/mol. The summed E-state index contributed by atoms with van der Waals surface area (Å²) in [5, 5.41) is 2.95. The molecule has 2 aromatic rings. The molecule has 23 heavy (non-hydrogen) atoms. The minimum Gasteiger partial charge on any atom is -0.207 e. The van der Waals surface area contributed by atoms with E-state index in [9.17, 15) is 8.42 Å². The molecule has 0 N–H and O–H groups in total. The van der Waals surface area contributed by atoms with Gasteiger partial charge in [0.05, 0.1) is 4.90 Å². The van der Waals surface area contributed by atoms with Crippen LogP contribution in [0.3, 0.4) is 0 Å². The van der Waals surface area contributed by atoms with E-state index >= 15 is 0 Å². The molecule has 0 saturated carbocycles. The Morgan fingerprint density at radius 2 is 2.04 bits per heavy atom. The van der Waals surface area contributed by atoms with Gasteiger partial charge in [0.15, 0.2) is 0 Å². The fourth-order valence-electron chi connectivity index (χ4n) is 2.70. The third kappa shape index (κ3) is 3.61. The Balaban J connectivity index is 1.82. The smallest absolute Gasteiger partial charge is 0.207 e. The van der Waals surface area contributed by atoms with Crippen LogP contribution in [0, 0.1) is 6.92 Å². The van der Waals surface area contributed by atoms with Crippen molar-refractivity contribution in [2.45, 2.75) is 23.5 Å². The highest BCUT2D eigenvalue weighted by atomic mass is 35.5. The Bertz CT molecular complexity index is 775. The second-order valence-electron chi connectivity index (χ2n) is 5.43. The molecule has 3 rings (SSSR count). The second kappa shape index (κ2) is 7.15. The Hall–Kier alpha value is -0.530. The van der Waals surface area contributed by atoms with Gasteiger partial charge in [0.25, 0.3) is 0 Å². The molecule has 0 spiro atoms. The molecule has 1 fully saturated rings. The van der Waals surface area contributed by atoms with Gasteiger partial charge in [-0.05, 0) is 42.5 Å². The van der Waals surface area contributed by atoms with E-state index in [1.54, 1.807) is 40.8 Å². The lowest BCUT2D eigenvalue weighted by atomic mass is 10.2. The average Bonchev–Trinajstić information content (AvgIpc) is 2.94. The quantitative estimate of drug-likeness (QED) is 0.773. The molecule has 1 aliphatic heterocycles. The van der Waals surface area contributed by atoms with E-state index in [1.807, 2.05) is 11.8 Å². The van der Waals surface area contributed by atoms with Crippen molar-refractivity contribution >= 4 is 44.7 Å². The maximum atomic E-state index is 13.0. The Labute approximate surface area is 150 Å². The van der Waals surface area contributed by atoms with E-state index in [0.717, 1.165) is 12.2 Å². The number of halogens is 1. The number of hydrogen-bond acceptors (Lipinski definition) is 4. The summed E-state index contributed by atoms with van der Waals surface area (Å²) >= 11 is 9.68. The summed E-state index contributed by atoms with van der Waals surface area (Å²) < 4.78 is 27.5. The number of nitrogens with zero attached hydrogens (tertiary/aromatic N) is 1. The molecule has 1 aromatic heterocycles. The minimum absolute atomic E-state index is 0.324. The number of rotatable bonds is 3. The highest BCUT2D eigenvalue weighted by Gasteiger charge is 2.30. The first kappa shape index (κ1) is 17.3. The first-order chi connectivity index (χ1) is 11.0. The largest absolute Gasteiger partial charge is 0.243 e. The van der Waals surface area contributed by atoms with Gasteiger partial charge in [-0.1, -0.05) is 23.7 Å². The highest BCUT2D eigenvalue weighted by molar-refractivity contribution is 7.99. The van der Waals surface area contributed by atoms with Crippen molar-refractivity contribution in [3.63, 3.8) is 0 Å². The third-order valence-corrected chi connectivity index (χ3v) is 8.89. The van der Waals surface area contributed by atoms with Crippen molar-refractivity contribution in [3.8, 4) is 0 Å². The summed E-state index contributed by atoms with van der Waals surface area (Å²) in [6.07, 6.45) is 0.837. The second-order valence-corrected chi connectivity index (χ2v) is 10.0. The van der Waals surface area contributed by atoms with Crippen molar-refractivity contribution < 1.29 is 8.42 Å². The number of sulfonamides is 1. The van der Waals surface area contributed by atoms with E-state index in [4.69, 9.17) is 11.6 Å². The lowest BCUT2D eigenvalue weighted by Gasteiger charge is -2.21. The standard InChI is InChI=1S/C16H18ClNO2S3/c1-12-13(17)4-2-6-16(12)23(19,20)18-8-7-15(22-11-9-18)14-5-3-10-21-14/h2-6,10,15H,7-9,11H2,1H3/t15-/m1/s1. The van der Waals surface area contributed by atoms with Gasteiger partial charge in [-0.3, -0.25) is 0 Å². The summed E-state index contributed by atoms with van der Waals surface area (Å²) in [4.78, 5) is 1.65. The number of hydrogen-bond donors (Lipinski definition) is 0. The van der Waals surface area contributed by atoms with Gasteiger partial charge in [0, 0.05) is 34.0 Å². The van der Waals surface area contributed by atoms with Crippen molar-refractivity contribution in [2.24, 2.45) is 0 Å². The Morgan fingerprint density at radius 1 is 1.22 bits per heavy atom. The van der Waals surface area contributed by atoms with E-state index in [-0.39, 0.29) is 0 Å². The molecular weight excluding hydrogens is 370 g/mol. The SMILES string of the molecule is Cc1c(Cl)cccc1S(=O)(=O)N1CCS[C@@H](c2cccs2)CC1. The highest BCUT2D eigenvalue weighted by Crippen LogP contribution is 2.38. The van der Waals surface area contributed by atoms with Gasteiger partial charge < -0.3 is 0 Å². The van der Waals surface area contributed by atoms with Crippen LogP contribution in [-0.2, 0) is 10.0 Å². The van der Waals surface area contributed by atoms with Crippen LogP contribution in [0.5, 0.6) is 0 Å². The minimum atomic E-state index is -3.49.